The number of rotatable bonds is 8. The average molecular weight is 507 g/mol. The highest BCUT2D eigenvalue weighted by Gasteiger charge is 2.08. The van der Waals surface area contributed by atoms with Gasteiger partial charge in [0.2, 0.25) is 0 Å². The van der Waals surface area contributed by atoms with E-state index < -0.39 is 0 Å². The van der Waals surface area contributed by atoms with Crippen LogP contribution in [-0.4, -0.2) is 57.1 Å². The molecule has 7 nitrogen and oxygen atoms in total. The molecular weight excluding hydrogens is 483 g/mol. The van der Waals surface area contributed by atoms with E-state index >= 15 is 0 Å². The van der Waals surface area contributed by atoms with E-state index in [0.29, 0.717) is 37.0 Å². The summed E-state index contributed by atoms with van der Waals surface area (Å²) >= 11 is 5.85. The van der Waals surface area contributed by atoms with E-state index in [-0.39, 0.29) is 29.9 Å². The fraction of sp³-hybridized carbons (Fsp3) is 0.333. The summed E-state index contributed by atoms with van der Waals surface area (Å²) < 4.78 is 10.7. The van der Waals surface area contributed by atoms with Crippen molar-refractivity contribution in [3.8, 4) is 5.75 Å². The minimum absolute atomic E-state index is 0. The van der Waals surface area contributed by atoms with Crippen LogP contribution in [0.2, 0.25) is 5.02 Å². The number of carbonyl (C=O) groups is 1. The topological polar surface area (TPSA) is 79.1 Å². The summed E-state index contributed by atoms with van der Waals surface area (Å²) in [6.45, 7) is 2.16. The molecule has 1 heterocycles. The average Bonchev–Trinajstić information content (AvgIpc) is 3.18. The van der Waals surface area contributed by atoms with Gasteiger partial charge in [-0.1, -0.05) is 11.6 Å². The first-order chi connectivity index (χ1) is 12.6. The van der Waals surface area contributed by atoms with Crippen LogP contribution in [-0.2, 0) is 0 Å². The summed E-state index contributed by atoms with van der Waals surface area (Å²) in [5.41, 5.74) is 0. The molecule has 0 unspecified atom stereocenters. The highest BCUT2D eigenvalue weighted by molar-refractivity contribution is 14.0. The Morgan fingerprint density at radius 1 is 1.22 bits per heavy atom. The fourth-order valence-electron chi connectivity index (χ4n) is 2.17. The lowest BCUT2D eigenvalue weighted by atomic mass is 10.3. The number of benzene rings is 1. The molecule has 2 rings (SSSR count). The number of carbonyl (C=O) groups excluding carboxylic acids is 1. The van der Waals surface area contributed by atoms with Crippen LogP contribution in [0.4, 0.5) is 0 Å². The molecule has 0 radical (unpaired) electrons. The van der Waals surface area contributed by atoms with Gasteiger partial charge in [0.05, 0.1) is 12.8 Å². The molecule has 0 atom stereocenters. The maximum Gasteiger partial charge on any atom is 0.287 e. The fourth-order valence-corrected chi connectivity index (χ4v) is 2.29. The van der Waals surface area contributed by atoms with Crippen molar-refractivity contribution in [2.75, 3.05) is 40.3 Å². The lowest BCUT2D eigenvalue weighted by Crippen LogP contribution is -2.43. The van der Waals surface area contributed by atoms with Crippen LogP contribution in [0.15, 0.2) is 52.1 Å². The SMILES string of the molecule is CN=C(NCCNC(=O)c1ccco1)N(C)CCOc1ccc(Cl)cc1.I. The van der Waals surface area contributed by atoms with E-state index in [9.17, 15) is 4.79 Å². The number of nitrogens with zero attached hydrogens (tertiary/aromatic N) is 2. The molecule has 27 heavy (non-hydrogen) atoms. The Morgan fingerprint density at radius 2 is 1.93 bits per heavy atom. The Labute approximate surface area is 181 Å². The van der Waals surface area contributed by atoms with E-state index in [4.69, 9.17) is 20.8 Å². The van der Waals surface area contributed by atoms with Crippen molar-refractivity contribution in [2.45, 2.75) is 0 Å². The first-order valence-corrected chi connectivity index (χ1v) is 8.60. The Bertz CT molecular complexity index is 708. The molecule has 0 aliphatic heterocycles. The zero-order valence-corrected chi connectivity index (χ0v) is 18.4. The van der Waals surface area contributed by atoms with E-state index in [2.05, 4.69) is 15.6 Å². The molecule has 0 aliphatic carbocycles. The highest BCUT2D eigenvalue weighted by atomic mass is 127. The van der Waals surface area contributed by atoms with Crippen LogP contribution in [0.25, 0.3) is 0 Å². The number of hydrogen-bond donors (Lipinski definition) is 2. The molecule has 0 saturated heterocycles. The van der Waals surface area contributed by atoms with Crippen LogP contribution >= 0.6 is 35.6 Å². The Balaban J connectivity index is 0.00000364. The minimum Gasteiger partial charge on any atom is -0.492 e. The second-order valence-corrected chi connectivity index (χ2v) is 5.87. The number of aliphatic imine (C=N–C) groups is 1. The van der Waals surface area contributed by atoms with Crippen molar-refractivity contribution in [3.05, 3.63) is 53.4 Å². The lowest BCUT2D eigenvalue weighted by molar-refractivity contribution is 0.0926. The van der Waals surface area contributed by atoms with Gasteiger partial charge in [-0.05, 0) is 36.4 Å². The van der Waals surface area contributed by atoms with Gasteiger partial charge >= 0.3 is 0 Å². The molecule has 0 aliphatic rings. The number of furan rings is 1. The second-order valence-electron chi connectivity index (χ2n) is 5.43. The van der Waals surface area contributed by atoms with Gasteiger partial charge < -0.3 is 24.7 Å². The highest BCUT2D eigenvalue weighted by Crippen LogP contribution is 2.15. The molecule has 0 saturated carbocycles. The minimum atomic E-state index is -0.239. The Morgan fingerprint density at radius 3 is 2.56 bits per heavy atom. The predicted octanol–water partition coefficient (Wildman–Crippen LogP) is 2.87. The van der Waals surface area contributed by atoms with Crippen LogP contribution in [0.3, 0.4) is 0 Å². The summed E-state index contributed by atoms with van der Waals surface area (Å²) in [5, 5.41) is 6.63. The standard InChI is InChI=1S/C18H23ClN4O3.HI/c1-20-18(22-10-9-21-17(24)16-4-3-12-26-16)23(2)11-13-25-15-7-5-14(19)6-8-15;/h3-8,12H,9-11,13H2,1-2H3,(H,20,22)(H,21,24);1H. The molecule has 1 amide bonds. The van der Waals surface area contributed by atoms with Crippen molar-refractivity contribution in [1.29, 1.82) is 0 Å². The third-order valence-corrected chi connectivity index (χ3v) is 3.77. The predicted molar refractivity (Wildman–Crippen MR) is 117 cm³/mol. The molecule has 148 valence electrons. The van der Waals surface area contributed by atoms with Crippen LogP contribution in [0, 0.1) is 0 Å². The van der Waals surface area contributed by atoms with E-state index in [1.807, 2.05) is 24.1 Å². The number of nitrogens with one attached hydrogen (secondary N) is 2. The van der Waals surface area contributed by atoms with Crippen molar-refractivity contribution in [3.63, 3.8) is 0 Å². The Kier molecular flexibility index (Phi) is 10.6. The van der Waals surface area contributed by atoms with E-state index in [0.717, 1.165) is 11.7 Å². The summed E-state index contributed by atoms with van der Waals surface area (Å²) in [7, 11) is 3.63. The number of likely N-dealkylation sites (N-methyl/N-ethyl adjacent to an activating group) is 1. The van der Waals surface area contributed by atoms with Gasteiger partial charge in [-0.15, -0.1) is 24.0 Å². The summed E-state index contributed by atoms with van der Waals surface area (Å²) in [5.74, 6) is 1.55. The quantitative estimate of drug-likeness (QED) is 0.249. The zero-order chi connectivity index (χ0) is 18.8. The van der Waals surface area contributed by atoms with Crippen LogP contribution < -0.4 is 15.4 Å². The van der Waals surface area contributed by atoms with Gasteiger partial charge in [-0.2, -0.15) is 0 Å². The van der Waals surface area contributed by atoms with E-state index in [1.165, 1.54) is 6.26 Å². The number of guanidine groups is 1. The molecule has 2 N–H and O–H groups in total. The second kappa shape index (κ2) is 12.4. The maximum absolute atomic E-state index is 11.8. The van der Waals surface area contributed by atoms with E-state index in [1.54, 1.807) is 31.3 Å². The number of hydrogen-bond acceptors (Lipinski definition) is 4. The molecule has 1 aromatic carbocycles. The largest absolute Gasteiger partial charge is 0.492 e. The molecule has 2 aromatic rings. The number of halogens is 2. The molecule has 0 spiro atoms. The van der Waals surface area contributed by atoms with Gasteiger partial charge in [0.25, 0.3) is 5.91 Å². The Hall–Kier alpha value is -1.94. The van der Waals surface area contributed by atoms with Crippen LogP contribution in [0.5, 0.6) is 5.75 Å². The molecule has 9 heteroatoms. The van der Waals surface area contributed by atoms with Crippen LogP contribution in [0.1, 0.15) is 10.6 Å². The van der Waals surface area contributed by atoms with Crippen molar-refractivity contribution in [2.24, 2.45) is 4.99 Å². The lowest BCUT2D eigenvalue weighted by Gasteiger charge is -2.22. The molecule has 1 aromatic heterocycles. The third-order valence-electron chi connectivity index (χ3n) is 3.52. The van der Waals surface area contributed by atoms with Gasteiger partial charge in [-0.3, -0.25) is 9.79 Å². The number of amides is 1. The third kappa shape index (κ3) is 8.08. The molecule has 0 fully saturated rings. The first-order valence-electron chi connectivity index (χ1n) is 8.22. The van der Waals surface area contributed by atoms with Gasteiger partial charge in [-0.25, -0.2) is 0 Å². The van der Waals surface area contributed by atoms with Gasteiger partial charge in [0.1, 0.15) is 12.4 Å². The summed E-state index contributed by atoms with van der Waals surface area (Å²) in [6, 6.07) is 10.5. The summed E-state index contributed by atoms with van der Waals surface area (Å²) in [4.78, 5) is 17.9. The number of ether oxygens (including phenoxy) is 1. The van der Waals surface area contributed by atoms with Crippen molar-refractivity contribution >= 4 is 47.4 Å². The summed E-state index contributed by atoms with van der Waals surface area (Å²) in [6.07, 6.45) is 1.47. The maximum atomic E-state index is 11.8. The van der Waals surface area contributed by atoms with Crippen molar-refractivity contribution in [1.82, 2.24) is 15.5 Å². The first kappa shape index (κ1) is 23.1. The normalized spacial score (nSPS) is 10.7. The molecular formula is C18H24ClIN4O3. The zero-order valence-electron chi connectivity index (χ0n) is 15.3. The smallest absolute Gasteiger partial charge is 0.287 e. The van der Waals surface area contributed by atoms with Gasteiger partial charge in [0, 0.05) is 32.2 Å². The monoisotopic (exact) mass is 506 g/mol. The van der Waals surface area contributed by atoms with Gasteiger partial charge in [0.15, 0.2) is 11.7 Å². The molecule has 0 bridgehead atoms. The van der Waals surface area contributed by atoms with Crippen molar-refractivity contribution < 1.29 is 13.9 Å².